The van der Waals surface area contributed by atoms with Gasteiger partial charge in [0.15, 0.2) is 0 Å². The molecule has 1 heterocycles. The topological polar surface area (TPSA) is 29.3 Å². The van der Waals surface area contributed by atoms with Crippen molar-refractivity contribution in [3.8, 4) is 0 Å². The first kappa shape index (κ1) is 11.1. The van der Waals surface area contributed by atoms with Crippen molar-refractivity contribution < 1.29 is 0 Å². The molecule has 1 saturated heterocycles. The van der Waals surface area contributed by atoms with Gasteiger partial charge in [0.2, 0.25) is 0 Å². The molecule has 0 spiro atoms. The van der Waals surface area contributed by atoms with Gasteiger partial charge in [-0.25, -0.2) is 0 Å². The monoisotopic (exact) mass is 230 g/mol. The fourth-order valence-electron chi connectivity index (χ4n) is 3.27. The van der Waals surface area contributed by atoms with Crippen molar-refractivity contribution in [2.24, 2.45) is 5.73 Å². The Bertz CT molecular complexity index is 392. The summed E-state index contributed by atoms with van der Waals surface area (Å²) in [5.74, 6) is 0. The first-order chi connectivity index (χ1) is 8.36. The third-order valence-corrected chi connectivity index (χ3v) is 4.24. The highest BCUT2D eigenvalue weighted by Gasteiger charge is 2.23. The van der Waals surface area contributed by atoms with Crippen LogP contribution in [0.15, 0.2) is 18.2 Å². The zero-order valence-electron chi connectivity index (χ0n) is 10.5. The molecule has 1 atom stereocenters. The van der Waals surface area contributed by atoms with E-state index in [-0.39, 0.29) is 6.04 Å². The first-order valence-corrected chi connectivity index (χ1v) is 6.98. The summed E-state index contributed by atoms with van der Waals surface area (Å²) >= 11 is 0. The first-order valence-electron chi connectivity index (χ1n) is 6.98. The third kappa shape index (κ3) is 2.06. The van der Waals surface area contributed by atoms with Gasteiger partial charge in [0.25, 0.3) is 0 Å². The minimum Gasteiger partial charge on any atom is -0.371 e. The molecule has 1 aromatic carbocycles. The highest BCUT2D eigenvalue weighted by Crippen LogP contribution is 2.36. The average molecular weight is 230 g/mol. The smallest absolute Gasteiger partial charge is 0.0402 e. The zero-order chi connectivity index (χ0) is 11.7. The molecular formula is C15H22N2. The van der Waals surface area contributed by atoms with Crippen LogP contribution >= 0.6 is 0 Å². The number of benzene rings is 1. The Morgan fingerprint density at radius 1 is 1.06 bits per heavy atom. The van der Waals surface area contributed by atoms with Gasteiger partial charge in [-0.2, -0.15) is 0 Å². The van der Waals surface area contributed by atoms with Gasteiger partial charge in [0.1, 0.15) is 0 Å². The Morgan fingerprint density at radius 3 is 2.59 bits per heavy atom. The van der Waals surface area contributed by atoms with Crippen LogP contribution in [0.3, 0.4) is 0 Å². The van der Waals surface area contributed by atoms with E-state index in [4.69, 9.17) is 5.73 Å². The standard InChI is InChI=1S/C15H22N2/c16-14-9-8-13-12(14)6-5-7-15(13)17-10-3-1-2-4-11-17/h5-7,14H,1-4,8-11,16H2. The lowest BCUT2D eigenvalue weighted by Crippen LogP contribution is -2.25. The van der Waals surface area contributed by atoms with Gasteiger partial charge in [-0.3, -0.25) is 0 Å². The molecule has 0 saturated carbocycles. The molecule has 2 heteroatoms. The second kappa shape index (κ2) is 4.69. The van der Waals surface area contributed by atoms with E-state index in [2.05, 4.69) is 23.1 Å². The summed E-state index contributed by atoms with van der Waals surface area (Å²) in [5, 5.41) is 0. The van der Waals surface area contributed by atoms with Gasteiger partial charge in [-0.05, 0) is 42.9 Å². The highest BCUT2D eigenvalue weighted by molar-refractivity contribution is 5.59. The maximum atomic E-state index is 6.16. The van der Waals surface area contributed by atoms with Gasteiger partial charge >= 0.3 is 0 Å². The summed E-state index contributed by atoms with van der Waals surface area (Å²) in [5.41, 5.74) is 10.6. The fraction of sp³-hybridized carbons (Fsp3) is 0.600. The Morgan fingerprint density at radius 2 is 1.82 bits per heavy atom. The summed E-state index contributed by atoms with van der Waals surface area (Å²) in [6.07, 6.45) is 7.77. The van der Waals surface area contributed by atoms with Crippen molar-refractivity contribution in [3.05, 3.63) is 29.3 Å². The molecule has 1 aliphatic carbocycles. The van der Waals surface area contributed by atoms with E-state index in [1.54, 1.807) is 0 Å². The predicted molar refractivity (Wildman–Crippen MR) is 72.4 cm³/mol. The van der Waals surface area contributed by atoms with Crippen LogP contribution in [0, 0.1) is 0 Å². The number of hydrogen-bond acceptors (Lipinski definition) is 2. The lowest BCUT2D eigenvalue weighted by molar-refractivity contribution is 0.713. The van der Waals surface area contributed by atoms with Crippen LogP contribution in [0.4, 0.5) is 5.69 Å². The third-order valence-electron chi connectivity index (χ3n) is 4.24. The van der Waals surface area contributed by atoms with E-state index in [0.717, 1.165) is 6.42 Å². The SMILES string of the molecule is NC1CCc2c1cccc2N1CCCCCC1. The minimum absolute atomic E-state index is 0.275. The maximum Gasteiger partial charge on any atom is 0.0402 e. The second-order valence-electron chi connectivity index (χ2n) is 5.39. The van der Waals surface area contributed by atoms with Crippen molar-refractivity contribution in [2.45, 2.75) is 44.6 Å². The number of nitrogens with two attached hydrogens (primary N) is 1. The van der Waals surface area contributed by atoms with Crippen LogP contribution in [0.1, 0.15) is 49.3 Å². The second-order valence-corrected chi connectivity index (χ2v) is 5.39. The Labute approximate surface area is 104 Å². The molecule has 0 aromatic heterocycles. The van der Waals surface area contributed by atoms with E-state index in [0.29, 0.717) is 0 Å². The molecule has 0 bridgehead atoms. The summed E-state index contributed by atoms with van der Waals surface area (Å²) in [6.45, 7) is 2.46. The van der Waals surface area contributed by atoms with Crippen LogP contribution in [0.5, 0.6) is 0 Å². The quantitative estimate of drug-likeness (QED) is 0.803. The van der Waals surface area contributed by atoms with Gasteiger partial charge in [0.05, 0.1) is 0 Å². The Hall–Kier alpha value is -1.02. The average Bonchev–Trinajstić information content (AvgIpc) is 2.59. The molecule has 2 nitrogen and oxygen atoms in total. The molecule has 2 N–H and O–H groups in total. The molecule has 1 unspecified atom stereocenters. The molecule has 1 fully saturated rings. The maximum absolute atomic E-state index is 6.16. The molecule has 2 aliphatic rings. The fourth-order valence-corrected chi connectivity index (χ4v) is 3.27. The van der Waals surface area contributed by atoms with Crippen molar-refractivity contribution >= 4 is 5.69 Å². The largest absolute Gasteiger partial charge is 0.371 e. The number of hydrogen-bond donors (Lipinski definition) is 1. The summed E-state index contributed by atoms with van der Waals surface area (Å²) < 4.78 is 0. The molecule has 1 aliphatic heterocycles. The number of rotatable bonds is 1. The molecule has 0 radical (unpaired) electrons. The lowest BCUT2D eigenvalue weighted by atomic mass is 10.1. The van der Waals surface area contributed by atoms with Gasteiger partial charge < -0.3 is 10.6 Å². The van der Waals surface area contributed by atoms with Crippen LogP contribution in [0.25, 0.3) is 0 Å². The lowest BCUT2D eigenvalue weighted by Gasteiger charge is -2.25. The van der Waals surface area contributed by atoms with E-state index in [1.165, 1.54) is 62.0 Å². The van der Waals surface area contributed by atoms with Gasteiger partial charge in [-0.1, -0.05) is 25.0 Å². The van der Waals surface area contributed by atoms with E-state index in [9.17, 15) is 0 Å². The molecule has 92 valence electrons. The number of fused-ring (bicyclic) bond motifs is 1. The molecule has 3 rings (SSSR count). The van der Waals surface area contributed by atoms with Gasteiger partial charge in [-0.15, -0.1) is 0 Å². The van der Waals surface area contributed by atoms with Gasteiger partial charge in [0, 0.05) is 24.8 Å². The highest BCUT2D eigenvalue weighted by atomic mass is 15.1. The Kier molecular flexibility index (Phi) is 3.06. The summed E-state index contributed by atoms with van der Waals surface area (Å²) in [4.78, 5) is 2.59. The minimum atomic E-state index is 0.275. The van der Waals surface area contributed by atoms with Crippen molar-refractivity contribution in [1.82, 2.24) is 0 Å². The van der Waals surface area contributed by atoms with Crippen LogP contribution in [0.2, 0.25) is 0 Å². The zero-order valence-corrected chi connectivity index (χ0v) is 10.5. The van der Waals surface area contributed by atoms with Crippen molar-refractivity contribution in [2.75, 3.05) is 18.0 Å². The van der Waals surface area contributed by atoms with E-state index in [1.807, 2.05) is 0 Å². The summed E-state index contributed by atoms with van der Waals surface area (Å²) in [6, 6.07) is 6.97. The molecule has 0 amide bonds. The normalized spacial score (nSPS) is 24.5. The van der Waals surface area contributed by atoms with Crippen LogP contribution in [-0.2, 0) is 6.42 Å². The number of nitrogens with zero attached hydrogens (tertiary/aromatic N) is 1. The predicted octanol–water partition coefficient (Wildman–Crippen LogP) is 3.01. The molecular weight excluding hydrogens is 208 g/mol. The van der Waals surface area contributed by atoms with Crippen molar-refractivity contribution in [1.29, 1.82) is 0 Å². The van der Waals surface area contributed by atoms with Crippen LogP contribution < -0.4 is 10.6 Å². The van der Waals surface area contributed by atoms with E-state index < -0.39 is 0 Å². The van der Waals surface area contributed by atoms with Crippen molar-refractivity contribution in [3.63, 3.8) is 0 Å². The Balaban J connectivity index is 1.92. The summed E-state index contributed by atoms with van der Waals surface area (Å²) in [7, 11) is 0. The molecule has 1 aromatic rings. The van der Waals surface area contributed by atoms with E-state index >= 15 is 0 Å². The van der Waals surface area contributed by atoms with Crippen LogP contribution in [-0.4, -0.2) is 13.1 Å². The number of anilines is 1. The molecule has 17 heavy (non-hydrogen) atoms.